The van der Waals surface area contributed by atoms with Gasteiger partial charge in [-0.05, 0) is 67.1 Å². The number of carbonyl (C=O) groups is 3. The van der Waals surface area contributed by atoms with Crippen LogP contribution in [0.1, 0.15) is 39.1 Å². The molecule has 1 aliphatic rings. The highest BCUT2D eigenvalue weighted by Crippen LogP contribution is 2.30. The maximum absolute atomic E-state index is 13.0. The Kier molecular flexibility index (Phi) is 5.38. The molecule has 0 aliphatic carbocycles. The number of hydrogen-bond acceptors (Lipinski definition) is 5. The molecule has 0 saturated carbocycles. The van der Waals surface area contributed by atoms with Gasteiger partial charge in [-0.2, -0.15) is 11.3 Å². The van der Waals surface area contributed by atoms with Crippen molar-refractivity contribution in [3.63, 3.8) is 0 Å². The molecule has 156 valence electrons. The Bertz CT molecular complexity index is 1100. The fourth-order valence-corrected chi connectivity index (χ4v) is 5.38. The second-order valence-electron chi connectivity index (χ2n) is 7.65. The Morgan fingerprint density at radius 3 is 2.67 bits per heavy atom. The number of thiophene rings is 2. The number of amides is 3. The lowest BCUT2D eigenvalue weighted by Gasteiger charge is -2.20. The minimum atomic E-state index is -1.13. The van der Waals surface area contributed by atoms with E-state index >= 15 is 0 Å². The van der Waals surface area contributed by atoms with E-state index in [1.807, 2.05) is 42.8 Å². The molecule has 30 heavy (non-hydrogen) atoms. The zero-order valence-corrected chi connectivity index (χ0v) is 18.7. The quantitative estimate of drug-likeness (QED) is 0.443. The summed E-state index contributed by atoms with van der Waals surface area (Å²) in [6, 6.07) is 7.27. The van der Waals surface area contributed by atoms with Gasteiger partial charge in [0.1, 0.15) is 5.54 Å². The molecule has 0 radical (unpaired) electrons. The molecule has 4 rings (SSSR count). The molecule has 0 spiro atoms. The fourth-order valence-electron chi connectivity index (χ4n) is 3.92. The Morgan fingerprint density at radius 1 is 1.20 bits per heavy atom. The smallest absolute Gasteiger partial charge is 0.325 e. The molecule has 1 unspecified atom stereocenters. The largest absolute Gasteiger partial charge is 0.348 e. The highest BCUT2D eigenvalue weighted by Gasteiger charge is 2.49. The van der Waals surface area contributed by atoms with Crippen LogP contribution >= 0.6 is 22.7 Å². The lowest BCUT2D eigenvalue weighted by molar-refractivity contribution is -0.130. The number of nitrogens with zero attached hydrogens (tertiary/aromatic N) is 2. The third-order valence-electron chi connectivity index (χ3n) is 5.71. The Labute approximate surface area is 183 Å². The summed E-state index contributed by atoms with van der Waals surface area (Å²) in [4.78, 5) is 40.8. The average Bonchev–Trinajstić information content (AvgIpc) is 3.48. The van der Waals surface area contributed by atoms with Gasteiger partial charge in [0.05, 0.1) is 6.54 Å². The number of Topliss-reactive ketones (excluding diaryl/α,β-unsaturated/α-hetero) is 1. The van der Waals surface area contributed by atoms with Crippen LogP contribution in [0.5, 0.6) is 0 Å². The molecule has 3 aromatic rings. The molecule has 3 aromatic heterocycles. The minimum Gasteiger partial charge on any atom is -0.348 e. The van der Waals surface area contributed by atoms with Gasteiger partial charge in [0.15, 0.2) is 5.78 Å². The third-order valence-corrected chi connectivity index (χ3v) is 7.33. The first-order chi connectivity index (χ1) is 14.3. The number of imide groups is 1. The maximum Gasteiger partial charge on any atom is 0.325 e. The van der Waals surface area contributed by atoms with Crippen LogP contribution in [0.3, 0.4) is 0 Å². The molecular weight excluding hydrogens is 418 g/mol. The number of ketones is 1. The van der Waals surface area contributed by atoms with E-state index in [9.17, 15) is 14.4 Å². The van der Waals surface area contributed by atoms with Crippen LogP contribution in [-0.4, -0.2) is 33.7 Å². The third kappa shape index (κ3) is 3.50. The van der Waals surface area contributed by atoms with Crippen molar-refractivity contribution in [2.45, 2.75) is 39.3 Å². The summed E-state index contributed by atoms with van der Waals surface area (Å²) < 4.78 is 2.12. The van der Waals surface area contributed by atoms with Crippen LogP contribution in [0.4, 0.5) is 4.79 Å². The number of aromatic nitrogens is 1. The Hall–Kier alpha value is -2.71. The van der Waals surface area contributed by atoms with Gasteiger partial charge in [-0.3, -0.25) is 14.5 Å². The van der Waals surface area contributed by atoms with E-state index in [1.165, 1.54) is 16.2 Å². The normalized spacial score (nSPS) is 18.8. The van der Waals surface area contributed by atoms with E-state index in [0.717, 1.165) is 34.8 Å². The van der Waals surface area contributed by atoms with Gasteiger partial charge in [0.25, 0.3) is 5.91 Å². The maximum atomic E-state index is 13.0. The van der Waals surface area contributed by atoms with Crippen molar-refractivity contribution in [1.82, 2.24) is 14.8 Å². The van der Waals surface area contributed by atoms with Crippen LogP contribution < -0.4 is 5.32 Å². The van der Waals surface area contributed by atoms with E-state index in [0.29, 0.717) is 5.56 Å². The first-order valence-corrected chi connectivity index (χ1v) is 11.5. The summed E-state index contributed by atoms with van der Waals surface area (Å²) in [5.41, 5.74) is 2.01. The predicted molar refractivity (Wildman–Crippen MR) is 118 cm³/mol. The van der Waals surface area contributed by atoms with Crippen LogP contribution in [-0.2, 0) is 23.3 Å². The fraction of sp³-hybridized carbons (Fsp3) is 0.318. The zero-order valence-electron chi connectivity index (χ0n) is 17.1. The Balaban J connectivity index is 1.51. The van der Waals surface area contributed by atoms with Crippen molar-refractivity contribution < 1.29 is 14.4 Å². The van der Waals surface area contributed by atoms with Gasteiger partial charge < -0.3 is 9.88 Å². The molecule has 1 atom stereocenters. The van der Waals surface area contributed by atoms with Gasteiger partial charge in [0, 0.05) is 28.4 Å². The van der Waals surface area contributed by atoms with Gasteiger partial charge >= 0.3 is 6.03 Å². The van der Waals surface area contributed by atoms with Crippen molar-refractivity contribution in [2.24, 2.45) is 0 Å². The number of hydrogen-bond donors (Lipinski definition) is 1. The van der Waals surface area contributed by atoms with Crippen molar-refractivity contribution in [3.05, 3.63) is 67.8 Å². The molecule has 6 nitrogen and oxygen atoms in total. The van der Waals surface area contributed by atoms with Crippen molar-refractivity contribution in [2.75, 3.05) is 6.54 Å². The molecule has 1 fully saturated rings. The molecule has 1 N–H and O–H groups in total. The van der Waals surface area contributed by atoms with Crippen LogP contribution in [0.25, 0.3) is 0 Å². The van der Waals surface area contributed by atoms with E-state index in [-0.39, 0.29) is 12.3 Å². The van der Waals surface area contributed by atoms with E-state index in [1.54, 1.807) is 18.3 Å². The summed E-state index contributed by atoms with van der Waals surface area (Å²) in [7, 11) is 0. The molecule has 1 aliphatic heterocycles. The summed E-state index contributed by atoms with van der Waals surface area (Å²) in [6.45, 7) is 6.08. The summed E-state index contributed by atoms with van der Waals surface area (Å²) in [5, 5.41) is 8.50. The van der Waals surface area contributed by atoms with Gasteiger partial charge in [-0.1, -0.05) is 6.07 Å². The lowest BCUT2D eigenvalue weighted by Crippen LogP contribution is -2.41. The molecule has 0 bridgehead atoms. The molecule has 3 amide bonds. The minimum absolute atomic E-state index is 0.233. The second-order valence-corrected chi connectivity index (χ2v) is 9.46. The average molecular weight is 442 g/mol. The summed E-state index contributed by atoms with van der Waals surface area (Å²) >= 11 is 3.18. The van der Waals surface area contributed by atoms with Crippen molar-refractivity contribution in [3.8, 4) is 0 Å². The van der Waals surface area contributed by atoms with E-state index in [2.05, 4.69) is 21.3 Å². The molecule has 1 saturated heterocycles. The SMILES string of the molecule is Cc1cc(C(=O)CN2C(=O)NC(C)(c3ccsc3)C2=O)c(C)n1CCc1cccs1. The first-order valence-electron chi connectivity index (χ1n) is 9.70. The highest BCUT2D eigenvalue weighted by molar-refractivity contribution is 7.09. The lowest BCUT2D eigenvalue weighted by atomic mass is 9.95. The van der Waals surface area contributed by atoms with Gasteiger partial charge in [0.2, 0.25) is 0 Å². The number of urea groups is 1. The van der Waals surface area contributed by atoms with E-state index in [4.69, 9.17) is 0 Å². The Morgan fingerprint density at radius 2 is 2.00 bits per heavy atom. The van der Waals surface area contributed by atoms with Gasteiger partial charge in [-0.25, -0.2) is 4.79 Å². The van der Waals surface area contributed by atoms with Crippen LogP contribution in [0.2, 0.25) is 0 Å². The van der Waals surface area contributed by atoms with Crippen LogP contribution in [0, 0.1) is 13.8 Å². The van der Waals surface area contributed by atoms with E-state index < -0.39 is 17.5 Å². The standard InChI is InChI=1S/C22H23N3O3S2/c1-14-11-18(15(2)24(14)8-6-17-5-4-9-30-17)19(26)12-25-20(27)22(3,23-21(25)28)16-7-10-29-13-16/h4-5,7,9-11,13H,6,8,12H2,1-3H3,(H,23,28). The molecular formula is C22H23N3O3S2. The number of carbonyl (C=O) groups excluding carboxylic acids is 3. The van der Waals surface area contributed by atoms with Crippen molar-refractivity contribution >= 4 is 40.4 Å². The number of rotatable bonds is 7. The molecule has 4 heterocycles. The van der Waals surface area contributed by atoms with Crippen molar-refractivity contribution in [1.29, 1.82) is 0 Å². The monoisotopic (exact) mass is 441 g/mol. The first kappa shape index (κ1) is 20.6. The summed E-state index contributed by atoms with van der Waals surface area (Å²) in [6.07, 6.45) is 0.896. The zero-order chi connectivity index (χ0) is 21.5. The highest BCUT2D eigenvalue weighted by atomic mass is 32.1. The second kappa shape index (κ2) is 7.85. The number of nitrogens with one attached hydrogen (secondary N) is 1. The molecule has 8 heteroatoms. The summed E-state index contributed by atoms with van der Waals surface area (Å²) in [5.74, 6) is -0.630. The van der Waals surface area contributed by atoms with Crippen LogP contribution in [0.15, 0.2) is 40.4 Å². The predicted octanol–water partition coefficient (Wildman–Crippen LogP) is 4.12. The molecule has 0 aromatic carbocycles. The number of aryl methyl sites for hydroxylation is 2. The van der Waals surface area contributed by atoms with Gasteiger partial charge in [-0.15, -0.1) is 11.3 Å². The topological polar surface area (TPSA) is 71.4 Å².